The van der Waals surface area contributed by atoms with Gasteiger partial charge in [0.2, 0.25) is 0 Å². The van der Waals surface area contributed by atoms with E-state index in [0.29, 0.717) is 11.4 Å². The molecule has 0 aliphatic rings. The Labute approximate surface area is 118 Å². The van der Waals surface area contributed by atoms with Crippen molar-refractivity contribution in [3.8, 4) is 0 Å². The molecule has 0 saturated carbocycles. The first-order chi connectivity index (χ1) is 8.56. The van der Waals surface area contributed by atoms with Crippen molar-refractivity contribution in [3.05, 3.63) is 63.1 Å². The number of pyridine rings is 1. The van der Waals surface area contributed by atoms with E-state index in [4.69, 9.17) is 17.3 Å². The van der Waals surface area contributed by atoms with Crippen LogP contribution in [0.3, 0.4) is 0 Å². The van der Waals surface area contributed by atoms with Gasteiger partial charge in [0.1, 0.15) is 5.82 Å². The molecule has 1 unspecified atom stereocenters. The van der Waals surface area contributed by atoms with Crippen LogP contribution in [0.1, 0.15) is 17.3 Å². The van der Waals surface area contributed by atoms with Crippen molar-refractivity contribution in [2.45, 2.75) is 12.5 Å². The Morgan fingerprint density at radius 1 is 1.33 bits per heavy atom. The standard InChI is InChI=1S/C13H11BrClFN2/c14-11-3-2-10(16)5-8(11)6-12(17)13-4-1-9(15)7-18-13/h1-5,7,12H,6,17H2. The van der Waals surface area contributed by atoms with Crippen LogP contribution in [-0.4, -0.2) is 4.98 Å². The number of benzene rings is 1. The molecule has 0 spiro atoms. The zero-order chi connectivity index (χ0) is 13.1. The third-order valence-corrected chi connectivity index (χ3v) is 3.57. The number of halogens is 3. The second-order valence-corrected chi connectivity index (χ2v) is 5.24. The van der Waals surface area contributed by atoms with Crippen molar-refractivity contribution in [2.24, 2.45) is 5.73 Å². The van der Waals surface area contributed by atoms with Crippen molar-refractivity contribution in [1.82, 2.24) is 4.98 Å². The SMILES string of the molecule is NC(Cc1cc(F)ccc1Br)c1ccc(Cl)cn1. The fourth-order valence-corrected chi connectivity index (χ4v) is 2.17. The molecule has 0 bridgehead atoms. The minimum atomic E-state index is -0.291. The van der Waals surface area contributed by atoms with E-state index in [-0.39, 0.29) is 11.9 Å². The van der Waals surface area contributed by atoms with Gasteiger partial charge in [-0.15, -0.1) is 0 Å². The largest absolute Gasteiger partial charge is 0.322 e. The fraction of sp³-hybridized carbons (Fsp3) is 0.154. The maximum atomic E-state index is 13.2. The molecule has 0 aliphatic heterocycles. The number of hydrogen-bond donors (Lipinski definition) is 1. The highest BCUT2D eigenvalue weighted by Gasteiger charge is 2.11. The molecule has 2 N–H and O–H groups in total. The second-order valence-electron chi connectivity index (χ2n) is 3.95. The zero-order valence-electron chi connectivity index (χ0n) is 9.41. The monoisotopic (exact) mass is 328 g/mol. The highest BCUT2D eigenvalue weighted by Crippen LogP contribution is 2.23. The Kier molecular flexibility index (Phi) is 4.32. The summed E-state index contributed by atoms with van der Waals surface area (Å²) in [5.74, 6) is -0.274. The molecule has 2 nitrogen and oxygen atoms in total. The van der Waals surface area contributed by atoms with Crippen LogP contribution in [0.5, 0.6) is 0 Å². The van der Waals surface area contributed by atoms with E-state index in [1.165, 1.54) is 12.1 Å². The number of aromatic nitrogens is 1. The smallest absolute Gasteiger partial charge is 0.123 e. The summed E-state index contributed by atoms with van der Waals surface area (Å²) in [6, 6.07) is 7.77. The van der Waals surface area contributed by atoms with Gasteiger partial charge in [0.25, 0.3) is 0 Å². The molecule has 1 atom stereocenters. The minimum absolute atomic E-state index is 0.274. The summed E-state index contributed by atoms with van der Waals surface area (Å²) >= 11 is 9.14. The Morgan fingerprint density at radius 2 is 2.11 bits per heavy atom. The second kappa shape index (κ2) is 5.78. The summed E-state index contributed by atoms with van der Waals surface area (Å²) in [4.78, 5) is 4.16. The van der Waals surface area contributed by atoms with Gasteiger partial charge < -0.3 is 5.73 Å². The van der Waals surface area contributed by atoms with E-state index >= 15 is 0 Å². The first-order valence-corrected chi connectivity index (χ1v) is 6.54. The van der Waals surface area contributed by atoms with Gasteiger partial charge in [-0.1, -0.05) is 27.5 Å². The molecule has 0 saturated heterocycles. The normalized spacial score (nSPS) is 12.4. The lowest BCUT2D eigenvalue weighted by Gasteiger charge is -2.12. The maximum Gasteiger partial charge on any atom is 0.123 e. The quantitative estimate of drug-likeness (QED) is 0.928. The van der Waals surface area contributed by atoms with Crippen molar-refractivity contribution >= 4 is 27.5 Å². The first-order valence-electron chi connectivity index (χ1n) is 5.37. The van der Waals surface area contributed by atoms with E-state index in [1.54, 1.807) is 24.4 Å². The van der Waals surface area contributed by atoms with E-state index in [2.05, 4.69) is 20.9 Å². The van der Waals surface area contributed by atoms with Crippen LogP contribution in [0.2, 0.25) is 5.02 Å². The number of rotatable bonds is 3. The van der Waals surface area contributed by atoms with Gasteiger partial charge in [0.15, 0.2) is 0 Å². The summed E-state index contributed by atoms with van der Waals surface area (Å²) in [5, 5.41) is 0.567. The predicted molar refractivity (Wildman–Crippen MR) is 74.0 cm³/mol. The average molecular weight is 330 g/mol. The molecule has 1 aromatic heterocycles. The van der Waals surface area contributed by atoms with Crippen LogP contribution in [0.4, 0.5) is 4.39 Å². The lowest BCUT2D eigenvalue weighted by molar-refractivity contribution is 0.620. The molecule has 2 rings (SSSR count). The molecule has 0 radical (unpaired) electrons. The predicted octanol–water partition coefficient (Wildman–Crippen LogP) is 3.88. The molecular weight excluding hydrogens is 319 g/mol. The number of nitrogens with two attached hydrogens (primary N) is 1. The Morgan fingerprint density at radius 3 is 2.78 bits per heavy atom. The highest BCUT2D eigenvalue weighted by atomic mass is 79.9. The lowest BCUT2D eigenvalue weighted by Crippen LogP contribution is -2.15. The van der Waals surface area contributed by atoms with Crippen LogP contribution in [-0.2, 0) is 6.42 Å². The van der Waals surface area contributed by atoms with E-state index in [1.807, 2.05) is 0 Å². The Bertz CT molecular complexity index is 545. The fourth-order valence-electron chi connectivity index (χ4n) is 1.65. The van der Waals surface area contributed by atoms with Crippen LogP contribution >= 0.6 is 27.5 Å². The van der Waals surface area contributed by atoms with Gasteiger partial charge in [0, 0.05) is 10.7 Å². The summed E-state index contributed by atoms with van der Waals surface area (Å²) < 4.78 is 14.0. The zero-order valence-corrected chi connectivity index (χ0v) is 11.7. The van der Waals surface area contributed by atoms with Crippen molar-refractivity contribution in [3.63, 3.8) is 0 Å². The topological polar surface area (TPSA) is 38.9 Å². The maximum absolute atomic E-state index is 13.2. The van der Waals surface area contributed by atoms with Crippen molar-refractivity contribution in [2.75, 3.05) is 0 Å². The summed E-state index contributed by atoms with van der Waals surface area (Å²) in [7, 11) is 0. The molecule has 18 heavy (non-hydrogen) atoms. The molecule has 0 aliphatic carbocycles. The van der Waals surface area contributed by atoms with Gasteiger partial charge in [-0.05, 0) is 42.3 Å². The molecule has 0 fully saturated rings. The molecule has 0 amide bonds. The van der Waals surface area contributed by atoms with Gasteiger partial charge in [-0.2, -0.15) is 0 Å². The summed E-state index contributed by atoms with van der Waals surface area (Å²) in [6.45, 7) is 0. The third kappa shape index (κ3) is 3.28. The molecular formula is C13H11BrClFN2. The van der Waals surface area contributed by atoms with Crippen molar-refractivity contribution < 1.29 is 4.39 Å². The van der Waals surface area contributed by atoms with E-state index in [9.17, 15) is 4.39 Å². The molecule has 5 heteroatoms. The first kappa shape index (κ1) is 13.5. The molecule has 2 aromatic rings. The van der Waals surface area contributed by atoms with Crippen LogP contribution in [0.15, 0.2) is 41.0 Å². The minimum Gasteiger partial charge on any atom is -0.322 e. The lowest BCUT2D eigenvalue weighted by atomic mass is 10.0. The average Bonchev–Trinajstić information content (AvgIpc) is 2.34. The van der Waals surface area contributed by atoms with Gasteiger partial charge in [-0.25, -0.2) is 4.39 Å². The molecule has 1 aromatic carbocycles. The third-order valence-electron chi connectivity index (χ3n) is 2.58. The van der Waals surface area contributed by atoms with E-state index < -0.39 is 0 Å². The van der Waals surface area contributed by atoms with Crippen LogP contribution in [0.25, 0.3) is 0 Å². The molecule has 1 heterocycles. The highest BCUT2D eigenvalue weighted by molar-refractivity contribution is 9.10. The van der Waals surface area contributed by atoms with Crippen molar-refractivity contribution in [1.29, 1.82) is 0 Å². The van der Waals surface area contributed by atoms with Crippen LogP contribution in [0, 0.1) is 5.82 Å². The molecule has 94 valence electrons. The Hall–Kier alpha value is -0.970. The Balaban J connectivity index is 2.18. The van der Waals surface area contributed by atoms with E-state index in [0.717, 1.165) is 15.7 Å². The van der Waals surface area contributed by atoms with Gasteiger partial charge in [0.05, 0.1) is 16.8 Å². The summed E-state index contributed by atoms with van der Waals surface area (Å²) in [6.07, 6.45) is 2.06. The van der Waals surface area contributed by atoms with Crippen LogP contribution < -0.4 is 5.73 Å². The number of nitrogens with zero attached hydrogens (tertiary/aromatic N) is 1. The van der Waals surface area contributed by atoms with Gasteiger partial charge >= 0.3 is 0 Å². The summed E-state index contributed by atoms with van der Waals surface area (Å²) in [5.41, 5.74) is 7.60. The number of hydrogen-bond acceptors (Lipinski definition) is 2. The van der Waals surface area contributed by atoms with Gasteiger partial charge in [-0.3, -0.25) is 4.98 Å².